The van der Waals surface area contributed by atoms with Crippen LogP contribution in [0.4, 0.5) is 8.78 Å². The van der Waals surface area contributed by atoms with Crippen molar-refractivity contribution in [3.63, 3.8) is 0 Å². The standard InChI is InChI=1S/C22H28F2N2O6/c1-4-5-8-11-30-12-13-31-21(27)18-14(2)25-15(3)20(26(28)29)19(18)16-9-6-7-10-17(16)32-22(23)24/h6-7,9-10,19,22,25H,4-5,8,11-13H2,1-3H3. The van der Waals surface area contributed by atoms with Crippen LogP contribution in [0.3, 0.4) is 0 Å². The first kappa shape index (κ1) is 25.3. The van der Waals surface area contributed by atoms with Gasteiger partial charge in [0, 0.05) is 17.9 Å². The second-order valence-electron chi connectivity index (χ2n) is 7.24. The molecule has 1 aromatic rings. The summed E-state index contributed by atoms with van der Waals surface area (Å²) in [5, 5.41) is 14.7. The number of carbonyl (C=O) groups excluding carboxylic acids is 1. The minimum Gasteiger partial charge on any atom is -0.460 e. The number of esters is 1. The van der Waals surface area contributed by atoms with Crippen LogP contribution in [-0.2, 0) is 14.3 Å². The molecule has 1 atom stereocenters. The number of benzene rings is 1. The van der Waals surface area contributed by atoms with Gasteiger partial charge in [-0.25, -0.2) is 4.79 Å². The molecule has 1 N–H and O–H groups in total. The molecule has 1 aliphatic rings. The number of rotatable bonds is 12. The van der Waals surface area contributed by atoms with Crippen molar-refractivity contribution in [2.75, 3.05) is 19.8 Å². The first-order valence-electron chi connectivity index (χ1n) is 10.4. The number of ether oxygens (including phenoxy) is 3. The lowest BCUT2D eigenvalue weighted by Crippen LogP contribution is -2.32. The molecule has 32 heavy (non-hydrogen) atoms. The second-order valence-corrected chi connectivity index (χ2v) is 7.24. The largest absolute Gasteiger partial charge is 0.460 e. The summed E-state index contributed by atoms with van der Waals surface area (Å²) in [6, 6.07) is 5.70. The van der Waals surface area contributed by atoms with Crippen LogP contribution in [0.25, 0.3) is 0 Å². The zero-order chi connectivity index (χ0) is 23.7. The number of nitrogens with zero attached hydrogens (tertiary/aromatic N) is 1. The highest BCUT2D eigenvalue weighted by Gasteiger charge is 2.42. The number of hydrogen-bond acceptors (Lipinski definition) is 7. The zero-order valence-electron chi connectivity index (χ0n) is 18.4. The summed E-state index contributed by atoms with van der Waals surface area (Å²) in [5.41, 5.74) is 0.212. The Balaban J connectivity index is 2.31. The molecule has 176 valence electrons. The highest BCUT2D eigenvalue weighted by Crippen LogP contribution is 2.42. The van der Waals surface area contributed by atoms with Crippen molar-refractivity contribution in [1.82, 2.24) is 5.32 Å². The van der Waals surface area contributed by atoms with E-state index in [1.165, 1.54) is 31.2 Å². The minimum absolute atomic E-state index is 0.0415. The summed E-state index contributed by atoms with van der Waals surface area (Å²) < 4.78 is 41.2. The van der Waals surface area contributed by atoms with E-state index in [2.05, 4.69) is 17.0 Å². The summed E-state index contributed by atoms with van der Waals surface area (Å²) in [6.45, 7) is 2.68. The minimum atomic E-state index is -3.13. The van der Waals surface area contributed by atoms with E-state index in [4.69, 9.17) is 9.47 Å². The zero-order valence-corrected chi connectivity index (χ0v) is 18.4. The number of unbranched alkanes of at least 4 members (excludes halogenated alkanes) is 2. The third kappa shape index (κ3) is 6.49. The predicted octanol–water partition coefficient (Wildman–Crippen LogP) is 4.51. The van der Waals surface area contributed by atoms with E-state index >= 15 is 0 Å². The molecule has 0 aromatic heterocycles. The highest BCUT2D eigenvalue weighted by atomic mass is 19.3. The lowest BCUT2D eigenvalue weighted by Gasteiger charge is -2.27. The van der Waals surface area contributed by atoms with Gasteiger partial charge in [-0.15, -0.1) is 0 Å². The number of hydrogen-bond donors (Lipinski definition) is 1. The predicted molar refractivity (Wildman–Crippen MR) is 113 cm³/mol. The Hall–Kier alpha value is -3.01. The van der Waals surface area contributed by atoms with E-state index in [9.17, 15) is 23.7 Å². The van der Waals surface area contributed by atoms with Gasteiger partial charge in [-0.3, -0.25) is 10.1 Å². The van der Waals surface area contributed by atoms with Crippen LogP contribution in [0.2, 0.25) is 0 Å². The Morgan fingerprint density at radius 3 is 2.53 bits per heavy atom. The van der Waals surface area contributed by atoms with Crippen molar-refractivity contribution < 1.29 is 32.7 Å². The molecule has 0 spiro atoms. The molecule has 8 nitrogen and oxygen atoms in total. The third-order valence-corrected chi connectivity index (χ3v) is 4.94. The van der Waals surface area contributed by atoms with Gasteiger partial charge in [0.2, 0.25) is 0 Å². The quantitative estimate of drug-likeness (QED) is 0.215. The fourth-order valence-corrected chi connectivity index (χ4v) is 3.55. The number of dihydropyridines is 1. The van der Waals surface area contributed by atoms with Crippen LogP contribution in [0.1, 0.15) is 51.5 Å². The lowest BCUT2D eigenvalue weighted by molar-refractivity contribution is -0.431. The molecule has 2 rings (SSSR count). The highest BCUT2D eigenvalue weighted by molar-refractivity contribution is 5.92. The van der Waals surface area contributed by atoms with Crippen molar-refractivity contribution in [3.8, 4) is 5.75 Å². The van der Waals surface area contributed by atoms with Crippen LogP contribution < -0.4 is 10.1 Å². The smallest absolute Gasteiger partial charge is 0.387 e. The van der Waals surface area contributed by atoms with Crippen LogP contribution >= 0.6 is 0 Å². The normalized spacial score (nSPS) is 16.2. The molecule has 1 aliphatic heterocycles. The Kier molecular flexibility index (Phi) is 9.58. The average Bonchev–Trinajstić information content (AvgIpc) is 2.72. The van der Waals surface area contributed by atoms with Gasteiger partial charge in [0.1, 0.15) is 18.3 Å². The fourth-order valence-electron chi connectivity index (χ4n) is 3.55. The summed E-state index contributed by atoms with van der Waals surface area (Å²) in [7, 11) is 0. The van der Waals surface area contributed by atoms with Gasteiger partial charge in [-0.05, 0) is 26.3 Å². The van der Waals surface area contributed by atoms with Gasteiger partial charge in [0.15, 0.2) is 0 Å². The Bertz CT molecular complexity index is 885. The van der Waals surface area contributed by atoms with E-state index in [1.807, 2.05) is 0 Å². The molecular formula is C22H28F2N2O6. The molecule has 0 radical (unpaired) electrons. The summed E-state index contributed by atoms with van der Waals surface area (Å²) in [4.78, 5) is 24.2. The number of allylic oxidation sites excluding steroid dienone is 3. The molecule has 0 amide bonds. The van der Waals surface area contributed by atoms with E-state index in [0.717, 1.165) is 19.3 Å². The van der Waals surface area contributed by atoms with Gasteiger partial charge in [-0.2, -0.15) is 8.78 Å². The average molecular weight is 454 g/mol. The first-order valence-corrected chi connectivity index (χ1v) is 10.4. The van der Waals surface area contributed by atoms with Gasteiger partial charge < -0.3 is 19.5 Å². The molecule has 0 saturated heterocycles. The SMILES string of the molecule is CCCCCOCCOC(=O)C1=C(C)NC(C)=C([N+](=O)[O-])C1c1ccccc1OC(F)F. The third-order valence-electron chi connectivity index (χ3n) is 4.94. The molecule has 10 heteroatoms. The molecule has 0 fully saturated rings. The summed E-state index contributed by atoms with van der Waals surface area (Å²) >= 11 is 0. The number of halogens is 2. The Morgan fingerprint density at radius 1 is 1.16 bits per heavy atom. The molecule has 1 unspecified atom stereocenters. The molecule has 1 aromatic carbocycles. The first-order chi connectivity index (χ1) is 15.3. The van der Waals surface area contributed by atoms with Gasteiger partial charge in [0.25, 0.3) is 5.70 Å². The Labute approximate surface area is 185 Å². The van der Waals surface area contributed by atoms with Crippen molar-refractivity contribution in [2.24, 2.45) is 0 Å². The van der Waals surface area contributed by atoms with Crippen molar-refractivity contribution >= 4 is 5.97 Å². The van der Waals surface area contributed by atoms with E-state index in [1.54, 1.807) is 6.92 Å². The number of carbonyl (C=O) groups is 1. The summed E-state index contributed by atoms with van der Waals surface area (Å²) in [6.07, 6.45) is 3.00. The van der Waals surface area contributed by atoms with Gasteiger partial charge in [0.05, 0.1) is 22.8 Å². The van der Waals surface area contributed by atoms with Crippen LogP contribution in [0.15, 0.2) is 46.9 Å². The van der Waals surface area contributed by atoms with Crippen molar-refractivity contribution in [2.45, 2.75) is 52.6 Å². The van der Waals surface area contributed by atoms with Crippen LogP contribution in [-0.4, -0.2) is 37.3 Å². The maximum atomic E-state index is 13.0. The number of para-hydroxylation sites is 1. The number of nitrogens with one attached hydrogen (secondary N) is 1. The van der Waals surface area contributed by atoms with Gasteiger partial charge >= 0.3 is 12.6 Å². The van der Waals surface area contributed by atoms with Crippen LogP contribution in [0.5, 0.6) is 5.75 Å². The van der Waals surface area contributed by atoms with E-state index < -0.39 is 23.4 Å². The number of nitro groups is 1. The maximum Gasteiger partial charge on any atom is 0.387 e. The Morgan fingerprint density at radius 2 is 1.88 bits per heavy atom. The monoisotopic (exact) mass is 454 g/mol. The van der Waals surface area contributed by atoms with Gasteiger partial charge in [-0.1, -0.05) is 38.0 Å². The molecule has 0 saturated carbocycles. The molecule has 0 bridgehead atoms. The van der Waals surface area contributed by atoms with E-state index in [-0.39, 0.29) is 41.5 Å². The number of alkyl halides is 2. The molecular weight excluding hydrogens is 426 g/mol. The van der Waals surface area contributed by atoms with Crippen molar-refractivity contribution in [1.29, 1.82) is 0 Å². The lowest BCUT2D eigenvalue weighted by atomic mass is 9.83. The van der Waals surface area contributed by atoms with E-state index in [0.29, 0.717) is 12.3 Å². The fraction of sp³-hybridized carbons (Fsp3) is 0.500. The van der Waals surface area contributed by atoms with Crippen molar-refractivity contribution in [3.05, 3.63) is 62.6 Å². The maximum absolute atomic E-state index is 13.0. The molecule has 0 aliphatic carbocycles. The topological polar surface area (TPSA) is 99.9 Å². The molecule has 1 heterocycles. The van der Waals surface area contributed by atoms with Crippen LogP contribution in [0, 0.1) is 10.1 Å². The summed E-state index contributed by atoms with van der Waals surface area (Å²) in [5.74, 6) is -2.30. The second kappa shape index (κ2) is 12.1.